The molecule has 0 spiro atoms. The molecule has 0 radical (unpaired) electrons. The Bertz CT molecular complexity index is 719. The van der Waals surface area contributed by atoms with Gasteiger partial charge in [-0.2, -0.15) is 0 Å². The van der Waals surface area contributed by atoms with E-state index in [-0.39, 0.29) is 0 Å². The Morgan fingerprint density at radius 3 is 3.00 bits per heavy atom. The average Bonchev–Trinajstić information content (AvgIpc) is 3.11. The largest absolute Gasteiger partial charge is 0.369 e. The van der Waals surface area contributed by atoms with E-state index in [1.54, 1.807) is 0 Å². The number of hydrogen-bond donors (Lipinski definition) is 2. The standard InChI is InChI=1S/C20H26ClN5/c1-2-22-20(24-12-9-17-7-3-4-11-23-17)25-18-10-13-26(15-18)19-8-5-6-16(21)14-19/h3-8,11,14,18H,2,9-10,12-13,15H2,1H3,(H2,22,24,25). The second-order valence-corrected chi connectivity index (χ2v) is 6.82. The van der Waals surface area contributed by atoms with Crippen molar-refractivity contribution in [1.29, 1.82) is 0 Å². The van der Waals surface area contributed by atoms with Gasteiger partial charge in [0.2, 0.25) is 0 Å². The highest BCUT2D eigenvalue weighted by Gasteiger charge is 2.23. The first-order chi connectivity index (χ1) is 12.7. The zero-order chi connectivity index (χ0) is 18.2. The molecular weight excluding hydrogens is 346 g/mol. The summed E-state index contributed by atoms with van der Waals surface area (Å²) in [6, 6.07) is 14.4. The van der Waals surface area contributed by atoms with Crippen molar-refractivity contribution in [2.45, 2.75) is 25.8 Å². The van der Waals surface area contributed by atoms with Crippen molar-refractivity contribution in [2.24, 2.45) is 4.99 Å². The third kappa shape index (κ3) is 5.36. The van der Waals surface area contributed by atoms with Crippen LogP contribution in [0.3, 0.4) is 0 Å². The molecule has 0 amide bonds. The van der Waals surface area contributed by atoms with Crippen molar-refractivity contribution >= 4 is 23.2 Å². The Morgan fingerprint density at radius 2 is 2.23 bits per heavy atom. The van der Waals surface area contributed by atoms with E-state index < -0.39 is 0 Å². The fourth-order valence-electron chi connectivity index (χ4n) is 3.13. The summed E-state index contributed by atoms with van der Waals surface area (Å²) in [6.07, 6.45) is 3.75. The first kappa shape index (κ1) is 18.5. The number of pyridine rings is 1. The number of nitrogens with one attached hydrogen (secondary N) is 2. The second-order valence-electron chi connectivity index (χ2n) is 6.39. The lowest BCUT2D eigenvalue weighted by Crippen LogP contribution is -2.44. The number of guanidine groups is 1. The molecule has 2 aromatic rings. The molecule has 1 aromatic heterocycles. The highest BCUT2D eigenvalue weighted by atomic mass is 35.5. The number of benzene rings is 1. The van der Waals surface area contributed by atoms with Crippen LogP contribution in [0, 0.1) is 0 Å². The van der Waals surface area contributed by atoms with Crippen molar-refractivity contribution < 1.29 is 0 Å². The van der Waals surface area contributed by atoms with Crippen molar-refractivity contribution in [2.75, 3.05) is 31.1 Å². The molecular formula is C20H26ClN5. The van der Waals surface area contributed by atoms with Gasteiger partial charge in [-0.05, 0) is 43.7 Å². The zero-order valence-corrected chi connectivity index (χ0v) is 15.9. The summed E-state index contributed by atoms with van der Waals surface area (Å²) in [6.45, 7) is 5.62. The maximum atomic E-state index is 6.12. The molecule has 0 aliphatic carbocycles. The van der Waals surface area contributed by atoms with E-state index >= 15 is 0 Å². The van der Waals surface area contributed by atoms with Crippen molar-refractivity contribution in [1.82, 2.24) is 15.6 Å². The maximum absolute atomic E-state index is 6.12. The molecule has 1 unspecified atom stereocenters. The van der Waals surface area contributed by atoms with E-state index in [0.29, 0.717) is 6.04 Å². The van der Waals surface area contributed by atoms with Gasteiger partial charge in [-0.25, -0.2) is 0 Å². The number of anilines is 1. The van der Waals surface area contributed by atoms with Crippen LogP contribution in [-0.2, 0) is 6.42 Å². The summed E-state index contributed by atoms with van der Waals surface area (Å²) in [5.41, 5.74) is 2.25. The summed E-state index contributed by atoms with van der Waals surface area (Å²) < 4.78 is 0. The van der Waals surface area contributed by atoms with Crippen molar-refractivity contribution in [3.8, 4) is 0 Å². The molecule has 1 aliphatic rings. The summed E-state index contributed by atoms with van der Waals surface area (Å²) >= 11 is 6.12. The third-order valence-corrected chi connectivity index (χ3v) is 4.65. The molecule has 1 fully saturated rings. The quantitative estimate of drug-likeness (QED) is 0.605. The Kier molecular flexibility index (Phi) is 6.72. The van der Waals surface area contributed by atoms with E-state index in [2.05, 4.69) is 33.5 Å². The van der Waals surface area contributed by atoms with E-state index in [4.69, 9.17) is 16.6 Å². The molecule has 2 heterocycles. The minimum Gasteiger partial charge on any atom is -0.369 e. The normalized spacial score (nSPS) is 17.4. The van der Waals surface area contributed by atoms with Gasteiger partial charge in [0, 0.05) is 61.2 Å². The van der Waals surface area contributed by atoms with E-state index in [9.17, 15) is 0 Å². The number of rotatable bonds is 6. The molecule has 1 aliphatic heterocycles. The van der Waals surface area contributed by atoms with Crippen molar-refractivity contribution in [3.63, 3.8) is 0 Å². The Balaban J connectivity index is 1.54. The van der Waals surface area contributed by atoms with E-state index in [1.807, 2.05) is 42.6 Å². The minimum atomic E-state index is 0.377. The van der Waals surface area contributed by atoms with Crippen LogP contribution in [0.5, 0.6) is 0 Å². The predicted molar refractivity (Wildman–Crippen MR) is 109 cm³/mol. The Morgan fingerprint density at radius 1 is 1.31 bits per heavy atom. The second kappa shape index (κ2) is 9.43. The maximum Gasteiger partial charge on any atom is 0.191 e. The number of aromatic nitrogens is 1. The highest BCUT2D eigenvalue weighted by molar-refractivity contribution is 6.30. The van der Waals surface area contributed by atoms with Gasteiger partial charge in [-0.15, -0.1) is 0 Å². The fraction of sp³-hybridized carbons (Fsp3) is 0.400. The van der Waals surface area contributed by atoms with Gasteiger partial charge in [0.25, 0.3) is 0 Å². The summed E-state index contributed by atoms with van der Waals surface area (Å²) in [7, 11) is 0. The molecule has 1 aromatic carbocycles. The number of aliphatic imine (C=N–C) groups is 1. The molecule has 0 bridgehead atoms. The van der Waals surface area contributed by atoms with Crippen LogP contribution in [0.15, 0.2) is 53.7 Å². The monoisotopic (exact) mass is 371 g/mol. The highest BCUT2D eigenvalue weighted by Crippen LogP contribution is 2.23. The number of halogens is 1. The van der Waals surface area contributed by atoms with E-state index in [0.717, 1.165) is 55.7 Å². The fourth-order valence-corrected chi connectivity index (χ4v) is 3.31. The lowest BCUT2D eigenvalue weighted by Gasteiger charge is -2.20. The molecule has 1 atom stereocenters. The van der Waals surface area contributed by atoms with Crippen LogP contribution < -0.4 is 15.5 Å². The molecule has 138 valence electrons. The SMILES string of the molecule is CCNC(=NCCc1ccccn1)NC1CCN(c2cccc(Cl)c2)C1. The van der Waals surface area contributed by atoms with Crippen LogP contribution in [0.1, 0.15) is 19.0 Å². The van der Waals surface area contributed by atoms with Crippen LogP contribution >= 0.6 is 11.6 Å². The van der Waals surface area contributed by atoms with Crippen LogP contribution in [0.2, 0.25) is 5.02 Å². The smallest absolute Gasteiger partial charge is 0.191 e. The topological polar surface area (TPSA) is 52.6 Å². The minimum absolute atomic E-state index is 0.377. The van der Waals surface area contributed by atoms with Gasteiger partial charge >= 0.3 is 0 Å². The number of nitrogens with zero attached hydrogens (tertiary/aromatic N) is 3. The molecule has 26 heavy (non-hydrogen) atoms. The molecule has 1 saturated heterocycles. The Hall–Kier alpha value is -2.27. The number of hydrogen-bond acceptors (Lipinski definition) is 3. The first-order valence-corrected chi connectivity index (χ1v) is 9.57. The molecule has 5 nitrogen and oxygen atoms in total. The summed E-state index contributed by atoms with van der Waals surface area (Å²) in [4.78, 5) is 11.4. The van der Waals surface area contributed by atoms with Gasteiger partial charge in [0.05, 0.1) is 0 Å². The molecule has 6 heteroatoms. The lowest BCUT2D eigenvalue weighted by molar-refractivity contribution is 0.649. The lowest BCUT2D eigenvalue weighted by atomic mass is 10.2. The van der Waals surface area contributed by atoms with Crippen LogP contribution in [-0.4, -0.2) is 43.2 Å². The average molecular weight is 372 g/mol. The summed E-state index contributed by atoms with van der Waals surface area (Å²) in [5.74, 6) is 0.876. The summed E-state index contributed by atoms with van der Waals surface area (Å²) in [5, 5.41) is 7.68. The first-order valence-electron chi connectivity index (χ1n) is 9.20. The third-order valence-electron chi connectivity index (χ3n) is 4.41. The zero-order valence-electron chi connectivity index (χ0n) is 15.2. The van der Waals surface area contributed by atoms with E-state index in [1.165, 1.54) is 5.69 Å². The Labute approximate surface area is 160 Å². The molecule has 3 rings (SSSR count). The van der Waals surface area contributed by atoms with Gasteiger partial charge in [-0.1, -0.05) is 23.7 Å². The van der Waals surface area contributed by atoms with Crippen LogP contribution in [0.25, 0.3) is 0 Å². The van der Waals surface area contributed by atoms with Gasteiger partial charge in [-0.3, -0.25) is 9.98 Å². The molecule has 2 N–H and O–H groups in total. The van der Waals surface area contributed by atoms with Crippen LogP contribution in [0.4, 0.5) is 5.69 Å². The van der Waals surface area contributed by atoms with Gasteiger partial charge in [0.15, 0.2) is 5.96 Å². The van der Waals surface area contributed by atoms with Gasteiger partial charge < -0.3 is 15.5 Å². The molecule has 0 saturated carbocycles. The van der Waals surface area contributed by atoms with Crippen molar-refractivity contribution in [3.05, 3.63) is 59.4 Å². The van der Waals surface area contributed by atoms with Gasteiger partial charge in [0.1, 0.15) is 0 Å². The predicted octanol–water partition coefficient (Wildman–Crippen LogP) is 3.11.